The summed E-state index contributed by atoms with van der Waals surface area (Å²) in [5.74, 6) is 0.769. The largest absolute Gasteiger partial charge is 0.392 e. The molecule has 2 amide bonds. The fourth-order valence-corrected chi connectivity index (χ4v) is 5.77. The topological polar surface area (TPSA) is 97.6 Å². The molecule has 8 nitrogen and oxygen atoms in total. The molecule has 4 aromatic rings. The van der Waals surface area contributed by atoms with Crippen LogP contribution in [0.5, 0.6) is 0 Å². The van der Waals surface area contributed by atoms with Gasteiger partial charge in [-0.3, -0.25) is 0 Å². The number of carbonyl (C=O) groups is 1. The molecule has 0 radical (unpaired) electrons. The lowest BCUT2D eigenvalue weighted by molar-refractivity contribution is -0.268. The van der Waals surface area contributed by atoms with Crippen LogP contribution in [0, 0.1) is 5.92 Å². The zero-order valence-electron chi connectivity index (χ0n) is 22.6. The molecule has 2 heterocycles. The van der Waals surface area contributed by atoms with E-state index < -0.39 is 6.29 Å². The summed E-state index contributed by atoms with van der Waals surface area (Å²) in [6.07, 6.45) is 2.76. The third-order valence-corrected chi connectivity index (χ3v) is 8.14. The van der Waals surface area contributed by atoms with Gasteiger partial charge in [0.05, 0.1) is 18.8 Å². The first-order valence-electron chi connectivity index (χ1n) is 13.3. The van der Waals surface area contributed by atoms with Gasteiger partial charge in [0.25, 0.3) is 0 Å². The maximum absolute atomic E-state index is 12.6. The van der Waals surface area contributed by atoms with E-state index in [2.05, 4.69) is 22.5 Å². The van der Waals surface area contributed by atoms with Gasteiger partial charge in [-0.1, -0.05) is 85.4 Å². The van der Waals surface area contributed by atoms with Gasteiger partial charge in [-0.15, -0.1) is 0 Å². The monoisotopic (exact) mass is 558 g/mol. The van der Waals surface area contributed by atoms with Crippen molar-refractivity contribution in [3.8, 4) is 0 Å². The summed E-state index contributed by atoms with van der Waals surface area (Å²) in [5.41, 5.74) is 4.37. The maximum atomic E-state index is 12.6. The molecule has 3 N–H and O–H groups in total. The van der Waals surface area contributed by atoms with Crippen LogP contribution >= 0.6 is 11.8 Å². The molecule has 208 valence electrons. The molecule has 0 spiro atoms. The van der Waals surface area contributed by atoms with Gasteiger partial charge < -0.3 is 29.8 Å². The Bertz CT molecular complexity index is 1400. The lowest BCUT2D eigenvalue weighted by Gasteiger charge is -2.41. The number of aromatic nitrogens is 2. The Hall–Kier alpha value is -3.63. The number of aliphatic hydroxyl groups is 1. The average molecular weight is 559 g/mol. The van der Waals surface area contributed by atoms with Crippen LogP contribution in [0.3, 0.4) is 0 Å². The van der Waals surface area contributed by atoms with Crippen molar-refractivity contribution in [3.63, 3.8) is 0 Å². The second-order valence-electron chi connectivity index (χ2n) is 9.87. The molecule has 4 unspecified atom stereocenters. The molecule has 0 aliphatic carbocycles. The van der Waals surface area contributed by atoms with Gasteiger partial charge in [0.2, 0.25) is 0 Å². The van der Waals surface area contributed by atoms with Crippen molar-refractivity contribution in [1.29, 1.82) is 0 Å². The number of amides is 2. The Labute approximate surface area is 238 Å². The van der Waals surface area contributed by atoms with Crippen LogP contribution in [0.4, 0.5) is 10.5 Å². The fraction of sp³-hybridized carbons (Fsp3) is 0.290. The minimum absolute atomic E-state index is 0.00522. The molecule has 1 saturated heterocycles. The number of nitrogens with one attached hydrogen (secondary N) is 2. The number of hydrogen-bond donors (Lipinski definition) is 3. The van der Waals surface area contributed by atoms with Gasteiger partial charge >= 0.3 is 6.03 Å². The SMILES string of the molecule is CC1C(CSc2nccn2C)OC(c2cccc(NC(=O)NCc3ccccc3)c2)OC1c1ccc(CO)cc1. The van der Waals surface area contributed by atoms with Crippen molar-refractivity contribution >= 4 is 23.5 Å². The Morgan fingerprint density at radius 3 is 2.52 bits per heavy atom. The third kappa shape index (κ3) is 6.92. The summed E-state index contributed by atoms with van der Waals surface area (Å²) in [5, 5.41) is 16.2. The van der Waals surface area contributed by atoms with E-state index in [1.807, 2.05) is 96.7 Å². The van der Waals surface area contributed by atoms with Crippen LogP contribution < -0.4 is 10.6 Å². The van der Waals surface area contributed by atoms with Crippen LogP contribution in [-0.4, -0.2) is 32.5 Å². The van der Waals surface area contributed by atoms with Gasteiger partial charge in [-0.25, -0.2) is 9.78 Å². The van der Waals surface area contributed by atoms with E-state index in [0.717, 1.165) is 27.4 Å². The van der Waals surface area contributed by atoms with Crippen molar-refractivity contribution in [2.75, 3.05) is 11.1 Å². The number of anilines is 1. The molecule has 1 fully saturated rings. The van der Waals surface area contributed by atoms with Crippen molar-refractivity contribution < 1.29 is 19.4 Å². The number of urea groups is 1. The number of aliphatic hydroxyl groups excluding tert-OH is 1. The number of nitrogens with zero attached hydrogens (tertiary/aromatic N) is 2. The Morgan fingerprint density at radius 2 is 1.80 bits per heavy atom. The van der Waals surface area contributed by atoms with Crippen molar-refractivity contribution in [1.82, 2.24) is 14.9 Å². The maximum Gasteiger partial charge on any atom is 0.319 e. The molecule has 0 saturated carbocycles. The molecular weight excluding hydrogens is 524 g/mol. The van der Waals surface area contributed by atoms with E-state index in [4.69, 9.17) is 9.47 Å². The molecule has 1 aliphatic rings. The number of benzene rings is 3. The van der Waals surface area contributed by atoms with E-state index in [1.165, 1.54) is 0 Å². The zero-order chi connectivity index (χ0) is 27.9. The summed E-state index contributed by atoms with van der Waals surface area (Å²) < 4.78 is 15.1. The Morgan fingerprint density at radius 1 is 1.00 bits per heavy atom. The van der Waals surface area contributed by atoms with E-state index in [-0.39, 0.29) is 30.8 Å². The lowest BCUT2D eigenvalue weighted by atomic mass is 9.91. The number of carbonyl (C=O) groups excluding carboxylic acids is 1. The molecule has 3 aromatic carbocycles. The van der Waals surface area contributed by atoms with Gasteiger partial charge in [0.15, 0.2) is 11.4 Å². The van der Waals surface area contributed by atoms with E-state index in [0.29, 0.717) is 18.0 Å². The zero-order valence-corrected chi connectivity index (χ0v) is 23.4. The van der Waals surface area contributed by atoms with Gasteiger partial charge in [0.1, 0.15) is 0 Å². The third-order valence-electron chi connectivity index (χ3n) is 6.99. The summed E-state index contributed by atoms with van der Waals surface area (Å²) in [6.45, 7) is 2.57. The van der Waals surface area contributed by atoms with Crippen molar-refractivity contribution in [3.05, 3.63) is 114 Å². The first-order valence-corrected chi connectivity index (χ1v) is 14.3. The van der Waals surface area contributed by atoms with E-state index in [9.17, 15) is 9.90 Å². The van der Waals surface area contributed by atoms with Crippen LogP contribution in [-0.2, 0) is 29.7 Å². The highest BCUT2D eigenvalue weighted by Gasteiger charge is 2.38. The minimum atomic E-state index is -0.625. The smallest absolute Gasteiger partial charge is 0.319 e. The predicted octanol–water partition coefficient (Wildman–Crippen LogP) is 5.82. The molecular formula is C31H34N4O4S. The Balaban J connectivity index is 1.32. The molecule has 0 bridgehead atoms. The molecule has 5 rings (SSSR count). The quantitative estimate of drug-likeness (QED) is 0.224. The number of aryl methyl sites for hydroxylation is 1. The standard InChI is InChI=1S/C31H34N4O4S/c1-21-27(20-40-31-32-15-16-35(31)2)38-29(39-28(21)24-13-11-23(19-36)12-14-24)25-9-6-10-26(17-25)34-30(37)33-18-22-7-4-3-5-8-22/h3-17,21,27-29,36H,18-20H2,1-2H3,(H2,33,34,37). The number of thioether (sulfide) groups is 1. The Kier molecular flexibility index (Phi) is 9.18. The highest BCUT2D eigenvalue weighted by Crippen LogP contribution is 2.43. The molecule has 40 heavy (non-hydrogen) atoms. The predicted molar refractivity (Wildman–Crippen MR) is 156 cm³/mol. The first-order chi connectivity index (χ1) is 19.5. The fourth-order valence-electron chi connectivity index (χ4n) is 4.67. The van der Waals surface area contributed by atoms with Crippen molar-refractivity contribution in [2.45, 2.75) is 43.7 Å². The van der Waals surface area contributed by atoms with Crippen LogP contribution in [0.1, 0.15) is 41.6 Å². The highest BCUT2D eigenvalue weighted by molar-refractivity contribution is 7.99. The van der Waals surface area contributed by atoms with E-state index >= 15 is 0 Å². The van der Waals surface area contributed by atoms with Crippen molar-refractivity contribution in [2.24, 2.45) is 13.0 Å². The first kappa shape index (κ1) is 27.9. The van der Waals surface area contributed by atoms with Crippen LogP contribution in [0.25, 0.3) is 0 Å². The minimum Gasteiger partial charge on any atom is -0.392 e. The molecule has 4 atom stereocenters. The lowest BCUT2D eigenvalue weighted by Crippen LogP contribution is -2.38. The number of ether oxygens (including phenoxy) is 2. The number of hydrogen-bond acceptors (Lipinski definition) is 6. The second kappa shape index (κ2) is 13.1. The summed E-state index contributed by atoms with van der Waals surface area (Å²) in [6, 6.07) is 24.9. The molecule has 9 heteroatoms. The molecule has 1 aromatic heterocycles. The number of rotatable bonds is 9. The summed E-state index contributed by atoms with van der Waals surface area (Å²) in [7, 11) is 1.98. The molecule has 1 aliphatic heterocycles. The summed E-state index contributed by atoms with van der Waals surface area (Å²) >= 11 is 1.65. The van der Waals surface area contributed by atoms with Gasteiger partial charge in [-0.2, -0.15) is 0 Å². The average Bonchev–Trinajstić information content (AvgIpc) is 3.40. The normalized spacial score (nSPS) is 20.7. The number of imidazole rings is 1. The van der Waals surface area contributed by atoms with Gasteiger partial charge in [-0.05, 0) is 28.8 Å². The highest BCUT2D eigenvalue weighted by atomic mass is 32.2. The van der Waals surface area contributed by atoms with Crippen LogP contribution in [0.2, 0.25) is 0 Å². The second-order valence-corrected chi connectivity index (χ2v) is 10.9. The van der Waals surface area contributed by atoms with Crippen LogP contribution in [0.15, 0.2) is 96.4 Å². The van der Waals surface area contributed by atoms with Gasteiger partial charge in [0, 0.05) is 48.9 Å². The van der Waals surface area contributed by atoms with E-state index in [1.54, 1.807) is 18.0 Å². The summed E-state index contributed by atoms with van der Waals surface area (Å²) in [4.78, 5) is 17.0.